The lowest BCUT2D eigenvalue weighted by molar-refractivity contribution is -0.140. The number of carbonyl (C=O) groups is 3. The molecule has 0 saturated heterocycles. The first-order chi connectivity index (χ1) is 14.6. The van der Waals surface area contributed by atoms with Crippen LogP contribution in [0.15, 0.2) is 24.5 Å². The smallest absolute Gasteiger partial charge is 0.307 e. The molecule has 1 aliphatic heterocycles. The predicted octanol–water partition coefficient (Wildman–Crippen LogP) is 1.40. The molecule has 1 aliphatic rings. The Labute approximate surface area is 175 Å². The highest BCUT2D eigenvalue weighted by Gasteiger charge is 2.27. The molecule has 0 spiro atoms. The SMILES string of the molecule is COC(=O)CCNC(=O)c1n[nH]c2c1CCN(C(=O)CCCCc1cccnc1)C2. The highest BCUT2D eigenvalue weighted by molar-refractivity contribution is 5.94. The van der Waals surface area contributed by atoms with Gasteiger partial charge in [0.25, 0.3) is 5.91 Å². The summed E-state index contributed by atoms with van der Waals surface area (Å²) in [6.07, 6.45) is 7.49. The van der Waals surface area contributed by atoms with Gasteiger partial charge in [0.05, 0.1) is 25.8 Å². The number of aromatic amines is 1. The van der Waals surface area contributed by atoms with Crippen LogP contribution in [0.5, 0.6) is 0 Å². The second-order valence-electron chi connectivity index (χ2n) is 7.25. The molecule has 0 fully saturated rings. The Morgan fingerprint density at radius 2 is 2.13 bits per heavy atom. The van der Waals surface area contributed by atoms with Crippen LogP contribution in [0, 0.1) is 0 Å². The Morgan fingerprint density at radius 3 is 2.90 bits per heavy atom. The fourth-order valence-electron chi connectivity index (χ4n) is 3.49. The van der Waals surface area contributed by atoms with Crippen molar-refractivity contribution < 1.29 is 19.1 Å². The van der Waals surface area contributed by atoms with Gasteiger partial charge >= 0.3 is 5.97 Å². The van der Waals surface area contributed by atoms with Crippen LogP contribution in [0.3, 0.4) is 0 Å². The number of rotatable bonds is 9. The van der Waals surface area contributed by atoms with Crippen molar-refractivity contribution in [1.82, 2.24) is 25.4 Å². The number of H-pyrrole nitrogens is 1. The number of unbranched alkanes of at least 4 members (excludes halogenated alkanes) is 1. The van der Waals surface area contributed by atoms with E-state index in [1.54, 1.807) is 6.20 Å². The number of pyridine rings is 1. The quantitative estimate of drug-likeness (QED) is 0.474. The molecule has 160 valence electrons. The number of ether oxygens (including phenoxy) is 1. The van der Waals surface area contributed by atoms with Crippen molar-refractivity contribution in [2.24, 2.45) is 0 Å². The third kappa shape index (κ3) is 5.65. The van der Waals surface area contributed by atoms with Gasteiger partial charge in [0, 0.05) is 37.5 Å². The number of hydrogen-bond acceptors (Lipinski definition) is 6. The summed E-state index contributed by atoms with van der Waals surface area (Å²) >= 11 is 0. The van der Waals surface area contributed by atoms with Gasteiger partial charge in [-0.05, 0) is 37.3 Å². The maximum atomic E-state index is 12.5. The number of aromatic nitrogens is 3. The third-order valence-corrected chi connectivity index (χ3v) is 5.17. The molecule has 0 aromatic carbocycles. The molecule has 9 heteroatoms. The van der Waals surface area contributed by atoms with Gasteiger partial charge in [-0.3, -0.25) is 24.5 Å². The molecule has 9 nitrogen and oxygen atoms in total. The number of methoxy groups -OCH3 is 1. The molecule has 3 heterocycles. The first-order valence-corrected chi connectivity index (χ1v) is 10.2. The largest absolute Gasteiger partial charge is 0.469 e. The molecule has 0 radical (unpaired) electrons. The standard InChI is InChI=1S/C21H27N5O4/c1-30-19(28)8-11-23-21(29)20-16-9-12-26(14-17(16)24-25-20)18(27)7-3-2-5-15-6-4-10-22-13-15/h4,6,10,13H,2-3,5,7-9,11-12,14H2,1H3,(H,23,29)(H,24,25). The molecule has 0 unspecified atom stereocenters. The minimum atomic E-state index is -0.381. The summed E-state index contributed by atoms with van der Waals surface area (Å²) in [6.45, 7) is 1.19. The highest BCUT2D eigenvalue weighted by Crippen LogP contribution is 2.21. The number of amides is 2. The van der Waals surface area contributed by atoms with Gasteiger partial charge < -0.3 is 15.0 Å². The summed E-state index contributed by atoms with van der Waals surface area (Å²) in [7, 11) is 1.31. The van der Waals surface area contributed by atoms with Gasteiger partial charge in [0.1, 0.15) is 0 Å². The van der Waals surface area contributed by atoms with E-state index in [1.807, 2.05) is 23.2 Å². The van der Waals surface area contributed by atoms with Crippen molar-refractivity contribution >= 4 is 17.8 Å². The van der Waals surface area contributed by atoms with Crippen LogP contribution in [-0.4, -0.2) is 58.1 Å². The maximum Gasteiger partial charge on any atom is 0.307 e. The maximum absolute atomic E-state index is 12.5. The van der Waals surface area contributed by atoms with Gasteiger partial charge in [-0.2, -0.15) is 5.10 Å². The van der Waals surface area contributed by atoms with Crippen LogP contribution >= 0.6 is 0 Å². The minimum absolute atomic E-state index is 0.109. The third-order valence-electron chi connectivity index (χ3n) is 5.17. The molecule has 2 aromatic rings. The second kappa shape index (κ2) is 10.5. The van der Waals surface area contributed by atoms with Crippen molar-refractivity contribution in [3.8, 4) is 0 Å². The Bertz CT molecular complexity index is 881. The molecular weight excluding hydrogens is 386 g/mol. The monoisotopic (exact) mass is 413 g/mol. The average Bonchev–Trinajstić information content (AvgIpc) is 3.20. The Morgan fingerprint density at radius 1 is 1.27 bits per heavy atom. The van der Waals surface area contributed by atoms with Crippen molar-refractivity contribution in [2.75, 3.05) is 20.2 Å². The molecule has 0 bridgehead atoms. The number of fused-ring (bicyclic) bond motifs is 1. The number of aryl methyl sites for hydroxylation is 1. The van der Waals surface area contributed by atoms with Crippen LogP contribution < -0.4 is 5.32 Å². The molecule has 0 atom stereocenters. The minimum Gasteiger partial charge on any atom is -0.469 e. The molecule has 0 saturated carbocycles. The number of carbonyl (C=O) groups excluding carboxylic acids is 3. The van der Waals surface area contributed by atoms with Gasteiger partial charge in [0.2, 0.25) is 5.91 Å². The van der Waals surface area contributed by atoms with E-state index >= 15 is 0 Å². The van der Waals surface area contributed by atoms with Gasteiger partial charge in [-0.1, -0.05) is 6.07 Å². The molecule has 3 rings (SSSR count). The van der Waals surface area contributed by atoms with E-state index in [0.29, 0.717) is 31.6 Å². The van der Waals surface area contributed by atoms with E-state index in [-0.39, 0.29) is 30.7 Å². The van der Waals surface area contributed by atoms with Crippen molar-refractivity contribution in [3.05, 3.63) is 47.0 Å². The van der Waals surface area contributed by atoms with E-state index in [1.165, 1.54) is 12.7 Å². The zero-order valence-corrected chi connectivity index (χ0v) is 17.1. The predicted molar refractivity (Wildman–Crippen MR) is 108 cm³/mol. The molecule has 30 heavy (non-hydrogen) atoms. The lowest BCUT2D eigenvalue weighted by Gasteiger charge is -2.27. The van der Waals surface area contributed by atoms with E-state index in [9.17, 15) is 14.4 Å². The van der Waals surface area contributed by atoms with Crippen LogP contribution in [-0.2, 0) is 33.7 Å². The summed E-state index contributed by atoms with van der Waals surface area (Å²) in [5, 5.41) is 9.68. The zero-order valence-electron chi connectivity index (χ0n) is 17.1. The van der Waals surface area contributed by atoms with Gasteiger partial charge in [-0.25, -0.2) is 0 Å². The van der Waals surface area contributed by atoms with Crippen LogP contribution in [0.25, 0.3) is 0 Å². The number of esters is 1. The average molecular weight is 413 g/mol. The first-order valence-electron chi connectivity index (χ1n) is 10.2. The Balaban J connectivity index is 1.44. The fourth-order valence-corrected chi connectivity index (χ4v) is 3.49. The van der Waals surface area contributed by atoms with E-state index < -0.39 is 0 Å². The molecule has 2 aromatic heterocycles. The number of hydrogen-bond donors (Lipinski definition) is 2. The summed E-state index contributed by atoms with van der Waals surface area (Å²) in [6, 6.07) is 3.96. The lowest BCUT2D eigenvalue weighted by Crippen LogP contribution is -2.36. The Hall–Kier alpha value is -3.23. The fraction of sp³-hybridized carbons (Fsp3) is 0.476. The van der Waals surface area contributed by atoms with Crippen molar-refractivity contribution in [1.29, 1.82) is 0 Å². The van der Waals surface area contributed by atoms with Crippen LogP contribution in [0.4, 0.5) is 0 Å². The topological polar surface area (TPSA) is 117 Å². The van der Waals surface area contributed by atoms with E-state index in [4.69, 9.17) is 0 Å². The summed E-state index contributed by atoms with van der Waals surface area (Å²) in [5.41, 5.74) is 3.15. The first kappa shape index (κ1) is 21.5. The van der Waals surface area contributed by atoms with Gasteiger partial charge in [0.15, 0.2) is 5.69 Å². The van der Waals surface area contributed by atoms with Crippen LogP contribution in [0.1, 0.15) is 53.0 Å². The Kier molecular flexibility index (Phi) is 7.53. The highest BCUT2D eigenvalue weighted by atomic mass is 16.5. The zero-order chi connectivity index (χ0) is 21.3. The van der Waals surface area contributed by atoms with E-state index in [0.717, 1.165) is 30.5 Å². The van der Waals surface area contributed by atoms with Crippen molar-refractivity contribution in [3.63, 3.8) is 0 Å². The second-order valence-corrected chi connectivity index (χ2v) is 7.25. The lowest BCUT2D eigenvalue weighted by atomic mass is 10.0. The normalized spacial score (nSPS) is 12.9. The van der Waals surface area contributed by atoms with E-state index in [2.05, 4.69) is 25.2 Å². The van der Waals surface area contributed by atoms with Gasteiger partial charge in [-0.15, -0.1) is 0 Å². The van der Waals surface area contributed by atoms with Crippen molar-refractivity contribution in [2.45, 2.75) is 45.1 Å². The molecule has 2 amide bonds. The summed E-state index contributed by atoms with van der Waals surface area (Å²) in [5.74, 6) is -0.592. The molecule has 2 N–H and O–H groups in total. The molecule has 0 aliphatic carbocycles. The summed E-state index contributed by atoms with van der Waals surface area (Å²) < 4.78 is 4.55. The molecular formula is C21H27N5O4. The summed E-state index contributed by atoms with van der Waals surface area (Å²) in [4.78, 5) is 41.9. The number of nitrogens with one attached hydrogen (secondary N) is 2. The van der Waals surface area contributed by atoms with Crippen LogP contribution in [0.2, 0.25) is 0 Å². The number of nitrogens with zero attached hydrogens (tertiary/aromatic N) is 3.